The molecule has 1 aliphatic rings. The fourth-order valence-corrected chi connectivity index (χ4v) is 4.53. The summed E-state index contributed by atoms with van der Waals surface area (Å²) in [6.45, 7) is 0.752. The van der Waals surface area contributed by atoms with Crippen molar-refractivity contribution in [2.75, 3.05) is 6.61 Å². The zero-order chi connectivity index (χ0) is 13.0. The molecule has 1 radical (unpaired) electrons. The number of halogens is 3. The van der Waals surface area contributed by atoms with E-state index in [0.717, 1.165) is 36.2 Å². The summed E-state index contributed by atoms with van der Waals surface area (Å²) in [7, 11) is -1.09. The highest BCUT2D eigenvalue weighted by Gasteiger charge is 2.28. The van der Waals surface area contributed by atoms with Crippen molar-refractivity contribution in [2.24, 2.45) is 0 Å². The number of benzene rings is 1. The molecule has 18 heavy (non-hydrogen) atoms. The van der Waals surface area contributed by atoms with Crippen molar-refractivity contribution in [3.8, 4) is 0 Å². The standard InChI is InChI=1S/C13H16F3OSi/c14-13(15,16)8-7-11-5-1-2-6-12(11)18-10-4-3-9-17-18/h1-2,5-6H,3-4,7-10H2. The second-order valence-corrected chi connectivity index (χ2v) is 6.67. The van der Waals surface area contributed by atoms with E-state index in [-0.39, 0.29) is 6.42 Å². The van der Waals surface area contributed by atoms with Gasteiger partial charge in [0.25, 0.3) is 0 Å². The highest BCUT2D eigenvalue weighted by Crippen LogP contribution is 2.22. The van der Waals surface area contributed by atoms with Crippen LogP contribution in [0.4, 0.5) is 13.2 Å². The molecule has 0 saturated carbocycles. The third-order valence-electron chi connectivity index (χ3n) is 3.07. The van der Waals surface area contributed by atoms with Gasteiger partial charge in [0, 0.05) is 13.0 Å². The minimum absolute atomic E-state index is 0.0667. The van der Waals surface area contributed by atoms with Gasteiger partial charge in [-0.3, -0.25) is 0 Å². The Morgan fingerprint density at radius 3 is 2.61 bits per heavy atom. The molecule has 0 N–H and O–H groups in total. The molecule has 0 atom stereocenters. The predicted molar refractivity (Wildman–Crippen MR) is 66.2 cm³/mol. The molecule has 0 unspecified atom stereocenters. The Morgan fingerprint density at radius 1 is 1.17 bits per heavy atom. The second kappa shape index (κ2) is 5.89. The molecule has 0 spiro atoms. The summed E-state index contributed by atoms with van der Waals surface area (Å²) < 4.78 is 42.6. The summed E-state index contributed by atoms with van der Waals surface area (Å²) in [6, 6.07) is 8.44. The van der Waals surface area contributed by atoms with Gasteiger partial charge in [0.05, 0.1) is 0 Å². The lowest BCUT2D eigenvalue weighted by atomic mass is 10.1. The van der Waals surface area contributed by atoms with Crippen molar-refractivity contribution >= 4 is 14.2 Å². The molecule has 1 fully saturated rings. The lowest BCUT2D eigenvalue weighted by Gasteiger charge is -2.22. The van der Waals surface area contributed by atoms with Gasteiger partial charge in [0.2, 0.25) is 9.04 Å². The van der Waals surface area contributed by atoms with Gasteiger partial charge in [-0.05, 0) is 29.6 Å². The first-order chi connectivity index (χ1) is 8.56. The van der Waals surface area contributed by atoms with E-state index in [1.165, 1.54) is 0 Å². The molecule has 1 aromatic rings. The van der Waals surface area contributed by atoms with Gasteiger partial charge in [0.15, 0.2) is 0 Å². The minimum atomic E-state index is -4.09. The van der Waals surface area contributed by atoms with E-state index >= 15 is 0 Å². The van der Waals surface area contributed by atoms with Crippen LogP contribution in [-0.2, 0) is 10.8 Å². The first-order valence-corrected chi connectivity index (χ1v) is 7.81. The molecule has 0 bridgehead atoms. The SMILES string of the molecule is FC(F)(F)CCc1ccccc1[Si]1CCCCO1. The van der Waals surface area contributed by atoms with Gasteiger partial charge in [-0.15, -0.1) is 0 Å². The number of hydrogen-bond donors (Lipinski definition) is 0. The van der Waals surface area contributed by atoms with E-state index in [1.807, 2.05) is 12.1 Å². The molecule has 0 aliphatic carbocycles. The Hall–Kier alpha value is -0.813. The van der Waals surface area contributed by atoms with Crippen LogP contribution in [0.5, 0.6) is 0 Å². The average Bonchev–Trinajstić information content (AvgIpc) is 2.37. The molecular weight excluding hydrogens is 257 g/mol. The quantitative estimate of drug-likeness (QED) is 0.769. The van der Waals surface area contributed by atoms with E-state index in [1.54, 1.807) is 12.1 Å². The second-order valence-electron chi connectivity index (χ2n) is 4.50. The molecular formula is C13H16F3OSi. The molecule has 99 valence electrons. The van der Waals surface area contributed by atoms with Crippen LogP contribution in [0, 0.1) is 0 Å². The van der Waals surface area contributed by atoms with Gasteiger partial charge in [-0.2, -0.15) is 13.2 Å². The largest absolute Gasteiger partial charge is 0.412 e. The van der Waals surface area contributed by atoms with Crippen LogP contribution in [0.25, 0.3) is 0 Å². The number of rotatable bonds is 3. The molecule has 0 aromatic heterocycles. The first-order valence-electron chi connectivity index (χ1n) is 6.20. The Balaban J connectivity index is 2.09. The number of aryl methyl sites for hydroxylation is 1. The van der Waals surface area contributed by atoms with Gasteiger partial charge in [-0.1, -0.05) is 30.7 Å². The van der Waals surface area contributed by atoms with Crippen molar-refractivity contribution < 1.29 is 17.6 Å². The van der Waals surface area contributed by atoms with Crippen molar-refractivity contribution in [1.82, 2.24) is 0 Å². The molecule has 5 heteroatoms. The molecule has 0 amide bonds. The van der Waals surface area contributed by atoms with Crippen LogP contribution >= 0.6 is 0 Å². The summed E-state index contributed by atoms with van der Waals surface area (Å²) >= 11 is 0. The van der Waals surface area contributed by atoms with Gasteiger partial charge in [0.1, 0.15) is 0 Å². The van der Waals surface area contributed by atoms with E-state index in [9.17, 15) is 13.2 Å². The maximum Gasteiger partial charge on any atom is 0.389 e. The minimum Gasteiger partial charge on any atom is -0.412 e. The van der Waals surface area contributed by atoms with Crippen LogP contribution in [0.1, 0.15) is 24.8 Å². The fraction of sp³-hybridized carbons (Fsp3) is 0.538. The highest BCUT2D eigenvalue weighted by molar-refractivity contribution is 6.68. The van der Waals surface area contributed by atoms with Crippen molar-refractivity contribution in [3.05, 3.63) is 29.8 Å². The maximum absolute atomic E-state index is 12.3. The lowest BCUT2D eigenvalue weighted by molar-refractivity contribution is -0.133. The van der Waals surface area contributed by atoms with E-state index in [0.29, 0.717) is 0 Å². The first kappa shape index (κ1) is 13.6. The molecule has 1 aromatic carbocycles. The zero-order valence-corrected chi connectivity index (χ0v) is 11.1. The summed E-state index contributed by atoms with van der Waals surface area (Å²) in [4.78, 5) is 0. The lowest BCUT2D eigenvalue weighted by Crippen LogP contribution is -2.38. The van der Waals surface area contributed by atoms with E-state index in [4.69, 9.17) is 4.43 Å². The summed E-state index contributed by atoms with van der Waals surface area (Å²) in [5.41, 5.74) is 0.811. The molecule has 2 rings (SSSR count). The van der Waals surface area contributed by atoms with Crippen LogP contribution in [-0.4, -0.2) is 21.8 Å². The Labute approximate surface area is 107 Å². The normalized spacial score (nSPS) is 17.9. The van der Waals surface area contributed by atoms with Crippen LogP contribution in [0.15, 0.2) is 24.3 Å². The zero-order valence-electron chi connectivity index (χ0n) is 10.1. The third-order valence-corrected chi connectivity index (χ3v) is 5.52. The predicted octanol–water partition coefficient (Wildman–Crippen LogP) is 3.19. The maximum atomic E-state index is 12.3. The average molecular weight is 273 g/mol. The molecule has 1 aliphatic heterocycles. The Bertz CT molecular complexity index is 386. The van der Waals surface area contributed by atoms with E-state index < -0.39 is 21.6 Å². The molecule has 1 nitrogen and oxygen atoms in total. The van der Waals surface area contributed by atoms with E-state index in [2.05, 4.69) is 0 Å². The van der Waals surface area contributed by atoms with Gasteiger partial charge < -0.3 is 4.43 Å². The van der Waals surface area contributed by atoms with Crippen molar-refractivity contribution in [1.29, 1.82) is 0 Å². The molecule has 1 heterocycles. The molecule has 1 saturated heterocycles. The topological polar surface area (TPSA) is 9.23 Å². The number of alkyl halides is 3. The summed E-state index contributed by atoms with van der Waals surface area (Å²) in [5, 5.41) is 1.03. The Kier molecular flexibility index (Phi) is 4.45. The smallest absolute Gasteiger partial charge is 0.389 e. The monoisotopic (exact) mass is 273 g/mol. The summed E-state index contributed by atoms with van der Waals surface area (Å²) in [5.74, 6) is 0. The third kappa shape index (κ3) is 3.85. The highest BCUT2D eigenvalue weighted by atomic mass is 28.3. The van der Waals surface area contributed by atoms with Gasteiger partial charge in [-0.25, -0.2) is 0 Å². The van der Waals surface area contributed by atoms with Crippen LogP contribution < -0.4 is 5.19 Å². The van der Waals surface area contributed by atoms with Gasteiger partial charge >= 0.3 is 6.18 Å². The van der Waals surface area contributed by atoms with Crippen molar-refractivity contribution in [3.63, 3.8) is 0 Å². The number of hydrogen-bond acceptors (Lipinski definition) is 1. The van der Waals surface area contributed by atoms with Crippen LogP contribution in [0.2, 0.25) is 6.04 Å². The van der Waals surface area contributed by atoms with Crippen molar-refractivity contribution in [2.45, 2.75) is 37.9 Å². The summed E-state index contributed by atoms with van der Waals surface area (Å²) in [6.07, 6.45) is -2.57. The fourth-order valence-electron chi connectivity index (χ4n) is 2.15. The van der Waals surface area contributed by atoms with Crippen LogP contribution in [0.3, 0.4) is 0 Å². The Morgan fingerprint density at radius 2 is 1.94 bits per heavy atom.